The van der Waals surface area contributed by atoms with Gasteiger partial charge in [0.15, 0.2) is 16.7 Å². The number of aliphatic imine (C=N–C) groups is 1. The molecule has 198 valence electrons. The lowest BCUT2D eigenvalue weighted by molar-refractivity contribution is -0.114. The zero-order valence-electron chi connectivity index (χ0n) is 21.8. The van der Waals surface area contributed by atoms with Crippen molar-refractivity contribution in [1.82, 2.24) is 4.90 Å². The molecule has 2 aliphatic heterocycles. The lowest BCUT2D eigenvalue weighted by Crippen LogP contribution is -2.38. The second-order valence-corrected chi connectivity index (χ2v) is 9.77. The number of ether oxygens (including phenoxy) is 3. The van der Waals surface area contributed by atoms with E-state index in [1.807, 2.05) is 92.1 Å². The molecule has 0 unspecified atom stereocenters. The van der Waals surface area contributed by atoms with Crippen molar-refractivity contribution in [2.75, 3.05) is 19.8 Å². The number of thioether (sulfide) groups is 1. The molecule has 3 aromatic carbocycles. The molecule has 0 atom stereocenters. The quantitative estimate of drug-likeness (QED) is 0.232. The van der Waals surface area contributed by atoms with Crippen LogP contribution < -0.4 is 14.2 Å². The van der Waals surface area contributed by atoms with Gasteiger partial charge in [0.2, 0.25) is 0 Å². The molecular formula is C31H29N3O4S. The Morgan fingerprint density at radius 1 is 0.949 bits per heavy atom. The Kier molecular flexibility index (Phi) is 8.13. The topological polar surface area (TPSA) is 84.2 Å². The lowest BCUT2D eigenvalue weighted by Gasteiger charge is -2.27. The third-order valence-electron chi connectivity index (χ3n) is 6.07. The number of amides is 1. The van der Waals surface area contributed by atoms with E-state index in [1.165, 1.54) is 11.8 Å². The third kappa shape index (κ3) is 6.07. The van der Waals surface area contributed by atoms with Gasteiger partial charge in [0.25, 0.3) is 5.91 Å². The normalized spacial score (nSPS) is 15.6. The van der Waals surface area contributed by atoms with Gasteiger partial charge >= 0.3 is 0 Å². The van der Waals surface area contributed by atoms with Crippen molar-refractivity contribution in [2.45, 2.75) is 20.3 Å². The highest BCUT2D eigenvalue weighted by atomic mass is 32.2. The summed E-state index contributed by atoms with van der Waals surface area (Å²) in [5.41, 5.74) is 3.88. The second kappa shape index (κ2) is 12.0. The Hall–Kier alpha value is -4.30. The molecule has 7 nitrogen and oxygen atoms in total. The summed E-state index contributed by atoms with van der Waals surface area (Å²) in [5, 5.41) is 11.3. The van der Waals surface area contributed by atoms with Crippen molar-refractivity contribution in [3.8, 4) is 17.2 Å². The molecule has 0 spiro atoms. The molecule has 2 aliphatic rings. The lowest BCUT2D eigenvalue weighted by atomic mass is 10.1. The van der Waals surface area contributed by atoms with Crippen LogP contribution in [0.3, 0.4) is 0 Å². The summed E-state index contributed by atoms with van der Waals surface area (Å²) in [6.07, 6.45) is 2.39. The van der Waals surface area contributed by atoms with Crippen LogP contribution in [0.25, 0.3) is 11.8 Å². The first-order valence-electron chi connectivity index (χ1n) is 12.8. The number of aryl methyl sites for hydroxylation is 1. The molecule has 0 saturated heterocycles. The summed E-state index contributed by atoms with van der Waals surface area (Å²) in [4.78, 5) is 18.8. The van der Waals surface area contributed by atoms with Crippen molar-refractivity contribution in [3.63, 3.8) is 0 Å². The van der Waals surface area contributed by atoms with Gasteiger partial charge in [-0.05, 0) is 60.9 Å². The van der Waals surface area contributed by atoms with Crippen molar-refractivity contribution in [2.24, 2.45) is 4.99 Å². The maximum Gasteiger partial charge on any atom is 0.283 e. The van der Waals surface area contributed by atoms with E-state index in [9.17, 15) is 4.79 Å². The fourth-order valence-corrected chi connectivity index (χ4v) is 5.11. The number of hydrogen-bond acceptors (Lipinski definition) is 6. The molecule has 1 amide bonds. The van der Waals surface area contributed by atoms with E-state index in [-0.39, 0.29) is 11.4 Å². The number of rotatable bonds is 10. The fraction of sp³-hybridized carbons (Fsp3) is 0.194. The number of benzene rings is 3. The third-order valence-corrected chi connectivity index (χ3v) is 6.89. The molecule has 5 rings (SSSR count). The van der Waals surface area contributed by atoms with Crippen LogP contribution in [0, 0.1) is 12.3 Å². The Morgan fingerprint density at radius 3 is 2.56 bits per heavy atom. The van der Waals surface area contributed by atoms with Crippen LogP contribution in [0.15, 0.2) is 88.8 Å². The number of hydrogen-bond donors (Lipinski definition) is 1. The van der Waals surface area contributed by atoms with Gasteiger partial charge in [0.05, 0.1) is 31.1 Å². The van der Waals surface area contributed by atoms with Gasteiger partial charge in [-0.1, -0.05) is 60.3 Å². The summed E-state index contributed by atoms with van der Waals surface area (Å²) >= 11 is 1.35. The van der Waals surface area contributed by atoms with E-state index in [0.29, 0.717) is 42.9 Å². The minimum absolute atomic E-state index is 0.0944. The average molecular weight is 540 g/mol. The van der Waals surface area contributed by atoms with Crippen molar-refractivity contribution >= 4 is 40.4 Å². The molecule has 3 aromatic rings. The van der Waals surface area contributed by atoms with E-state index in [4.69, 9.17) is 19.6 Å². The van der Waals surface area contributed by atoms with Crippen LogP contribution in [0.4, 0.5) is 0 Å². The van der Waals surface area contributed by atoms with Gasteiger partial charge in [-0.25, -0.2) is 0 Å². The Balaban J connectivity index is 1.28. The molecule has 39 heavy (non-hydrogen) atoms. The maximum atomic E-state index is 12.9. The largest absolute Gasteiger partial charge is 0.493 e. The molecule has 0 fully saturated rings. The van der Waals surface area contributed by atoms with E-state index in [2.05, 4.69) is 4.99 Å². The zero-order valence-corrected chi connectivity index (χ0v) is 22.7. The summed E-state index contributed by atoms with van der Waals surface area (Å²) < 4.78 is 17.6. The number of carbonyl (C=O) groups is 1. The highest BCUT2D eigenvalue weighted by molar-refractivity contribution is 8.17. The summed E-state index contributed by atoms with van der Waals surface area (Å²) in [5.74, 6) is 1.70. The first kappa shape index (κ1) is 26.3. The predicted octanol–water partition coefficient (Wildman–Crippen LogP) is 6.55. The van der Waals surface area contributed by atoms with Gasteiger partial charge in [0, 0.05) is 11.8 Å². The van der Waals surface area contributed by atoms with Crippen LogP contribution in [0.5, 0.6) is 17.2 Å². The number of carbonyl (C=O) groups excluding carboxylic acids is 1. The molecule has 0 radical (unpaired) electrons. The Bertz CT molecular complexity index is 1480. The molecular weight excluding hydrogens is 510 g/mol. The van der Waals surface area contributed by atoms with Gasteiger partial charge < -0.3 is 14.2 Å². The molecule has 0 aliphatic carbocycles. The fourth-order valence-electron chi connectivity index (χ4n) is 4.22. The van der Waals surface area contributed by atoms with E-state index in [0.717, 1.165) is 28.1 Å². The first-order valence-corrected chi connectivity index (χ1v) is 13.7. The molecule has 1 N–H and O–H groups in total. The van der Waals surface area contributed by atoms with Crippen LogP contribution in [0.1, 0.15) is 30.0 Å². The van der Waals surface area contributed by atoms with E-state index < -0.39 is 5.91 Å². The maximum absolute atomic E-state index is 12.9. The van der Waals surface area contributed by atoms with Gasteiger partial charge in [-0.3, -0.25) is 15.1 Å². The molecule has 0 aromatic heterocycles. The summed E-state index contributed by atoms with van der Waals surface area (Å²) in [6.45, 7) is 5.41. The van der Waals surface area contributed by atoms with Crippen LogP contribution in [0.2, 0.25) is 0 Å². The van der Waals surface area contributed by atoms with Crippen molar-refractivity contribution in [1.29, 1.82) is 5.41 Å². The average Bonchev–Trinajstić information content (AvgIpc) is 3.36. The standard InChI is InChI=1S/C31H29N3O4S/c1-3-36-28-19-22(13-14-27(28)38-16-8-15-37-24-12-7-9-21(2)17-24)18-25-29(32)34-26(23-10-5-4-6-11-23)20-39-31(34)33-30(25)35/h4-7,9-14,17-20,32H,3,8,15-16H2,1-2H3/b25-18-,32-29?. The van der Waals surface area contributed by atoms with Crippen molar-refractivity contribution in [3.05, 3.63) is 100 Å². The highest BCUT2D eigenvalue weighted by Gasteiger charge is 2.36. The number of nitrogens with zero attached hydrogens (tertiary/aromatic N) is 2. The molecule has 8 heteroatoms. The Morgan fingerprint density at radius 2 is 1.77 bits per heavy atom. The second-order valence-electron chi connectivity index (χ2n) is 8.93. The van der Waals surface area contributed by atoms with Gasteiger partial charge in [-0.15, -0.1) is 0 Å². The van der Waals surface area contributed by atoms with Crippen molar-refractivity contribution < 1.29 is 19.0 Å². The minimum Gasteiger partial charge on any atom is -0.493 e. The molecule has 2 heterocycles. The smallest absolute Gasteiger partial charge is 0.283 e. The Labute approximate surface area is 232 Å². The van der Waals surface area contributed by atoms with Crippen LogP contribution >= 0.6 is 11.8 Å². The number of fused-ring (bicyclic) bond motifs is 1. The molecule has 0 saturated carbocycles. The van der Waals surface area contributed by atoms with Crippen LogP contribution in [-0.4, -0.2) is 41.6 Å². The predicted molar refractivity (Wildman–Crippen MR) is 156 cm³/mol. The zero-order chi connectivity index (χ0) is 27.2. The highest BCUT2D eigenvalue weighted by Crippen LogP contribution is 2.38. The van der Waals surface area contributed by atoms with E-state index >= 15 is 0 Å². The van der Waals surface area contributed by atoms with E-state index in [1.54, 1.807) is 11.0 Å². The first-order chi connectivity index (χ1) is 19.0. The summed E-state index contributed by atoms with van der Waals surface area (Å²) in [7, 11) is 0. The SMILES string of the molecule is CCOc1cc(/C=C2/C(=N)N3C(c4ccccc4)=CSC3=NC2=O)ccc1OCCCOc1cccc(C)c1. The van der Waals surface area contributed by atoms with Gasteiger partial charge in [-0.2, -0.15) is 4.99 Å². The number of nitrogens with one attached hydrogen (secondary N) is 1. The van der Waals surface area contributed by atoms with Gasteiger partial charge in [0.1, 0.15) is 11.6 Å². The summed E-state index contributed by atoms with van der Waals surface area (Å²) in [6, 6.07) is 23.2. The number of amidine groups is 2. The molecule has 0 bridgehead atoms. The minimum atomic E-state index is -0.437. The monoisotopic (exact) mass is 539 g/mol. The van der Waals surface area contributed by atoms with Crippen LogP contribution in [-0.2, 0) is 4.79 Å².